The first kappa shape index (κ1) is 12.8. The molecule has 0 saturated carbocycles. The van der Waals surface area contributed by atoms with E-state index in [1.54, 1.807) is 30.3 Å². The van der Waals surface area contributed by atoms with Gasteiger partial charge in [0, 0.05) is 12.6 Å². The number of nitrogens with one attached hydrogen (secondary N) is 1. The van der Waals surface area contributed by atoms with Crippen LogP contribution in [0.3, 0.4) is 0 Å². The van der Waals surface area contributed by atoms with Crippen molar-refractivity contribution in [3.63, 3.8) is 0 Å². The van der Waals surface area contributed by atoms with Crippen LogP contribution >= 0.6 is 0 Å². The van der Waals surface area contributed by atoms with Gasteiger partial charge in [0.25, 0.3) is 0 Å². The zero-order chi connectivity index (χ0) is 13.7. The number of benzene rings is 1. The van der Waals surface area contributed by atoms with Crippen molar-refractivity contribution in [1.29, 1.82) is 0 Å². The lowest BCUT2D eigenvalue weighted by atomic mass is 10.1. The van der Waals surface area contributed by atoms with Crippen LogP contribution in [0.4, 0.5) is 5.82 Å². The predicted octanol–water partition coefficient (Wildman–Crippen LogP) is 1.80. The highest BCUT2D eigenvalue weighted by Crippen LogP contribution is 2.12. The normalized spacial score (nSPS) is 9.95. The highest BCUT2D eigenvalue weighted by Gasteiger charge is 2.02. The first-order valence-corrected chi connectivity index (χ1v) is 5.61. The fraction of sp³-hybridized carbons (Fsp3) is 0.154. The van der Waals surface area contributed by atoms with E-state index in [1.807, 2.05) is 0 Å². The fourth-order valence-electron chi connectivity index (χ4n) is 1.51. The van der Waals surface area contributed by atoms with E-state index in [2.05, 4.69) is 15.3 Å². The summed E-state index contributed by atoms with van der Waals surface area (Å²) in [5.41, 5.74) is 1.23. The number of aromatic carboxylic acids is 1. The molecule has 0 amide bonds. The number of hydrogen-bond acceptors (Lipinski definition) is 5. The standard InChI is InChI=1S/C13H13N3O3/c1-19-12-6-11(15-8-16-12)14-7-9-2-4-10(5-3-9)13(17)18/h2-6,8H,7H2,1H3,(H,17,18)(H,14,15,16). The molecule has 0 fully saturated rings. The molecule has 19 heavy (non-hydrogen) atoms. The van der Waals surface area contributed by atoms with E-state index >= 15 is 0 Å². The van der Waals surface area contributed by atoms with Crippen LogP contribution < -0.4 is 10.1 Å². The summed E-state index contributed by atoms with van der Waals surface area (Å²) in [4.78, 5) is 18.7. The van der Waals surface area contributed by atoms with Crippen LogP contribution in [0.1, 0.15) is 15.9 Å². The van der Waals surface area contributed by atoms with E-state index in [-0.39, 0.29) is 5.56 Å². The Labute approximate surface area is 110 Å². The molecule has 1 heterocycles. The molecule has 6 heteroatoms. The molecule has 0 aliphatic heterocycles. The highest BCUT2D eigenvalue weighted by molar-refractivity contribution is 5.87. The Morgan fingerprint density at radius 1 is 1.32 bits per heavy atom. The number of rotatable bonds is 5. The summed E-state index contributed by atoms with van der Waals surface area (Å²) in [6.45, 7) is 0.542. The molecular formula is C13H13N3O3. The van der Waals surface area contributed by atoms with Crippen molar-refractivity contribution in [2.24, 2.45) is 0 Å². The number of anilines is 1. The third-order valence-corrected chi connectivity index (χ3v) is 2.53. The smallest absolute Gasteiger partial charge is 0.335 e. The van der Waals surface area contributed by atoms with Gasteiger partial charge < -0.3 is 15.2 Å². The van der Waals surface area contributed by atoms with Crippen LogP contribution in [-0.4, -0.2) is 28.2 Å². The summed E-state index contributed by atoms with van der Waals surface area (Å²) < 4.78 is 4.99. The average molecular weight is 259 g/mol. The number of carboxylic acids is 1. The Hall–Kier alpha value is -2.63. The number of hydrogen-bond donors (Lipinski definition) is 2. The Morgan fingerprint density at radius 3 is 2.68 bits per heavy atom. The first-order valence-electron chi connectivity index (χ1n) is 5.61. The van der Waals surface area contributed by atoms with Crippen LogP contribution in [0.15, 0.2) is 36.7 Å². The number of methoxy groups -OCH3 is 1. The second kappa shape index (κ2) is 5.81. The molecule has 0 bridgehead atoms. The summed E-state index contributed by atoms with van der Waals surface area (Å²) >= 11 is 0. The maximum Gasteiger partial charge on any atom is 0.335 e. The minimum absolute atomic E-state index is 0.271. The topological polar surface area (TPSA) is 84.3 Å². The molecule has 0 radical (unpaired) electrons. The number of aromatic nitrogens is 2. The Morgan fingerprint density at radius 2 is 2.05 bits per heavy atom. The van der Waals surface area contributed by atoms with E-state index < -0.39 is 5.97 Å². The highest BCUT2D eigenvalue weighted by atomic mass is 16.5. The van der Waals surface area contributed by atoms with E-state index in [0.717, 1.165) is 5.56 Å². The van der Waals surface area contributed by atoms with Gasteiger partial charge in [-0.15, -0.1) is 0 Å². The quantitative estimate of drug-likeness (QED) is 0.851. The SMILES string of the molecule is COc1cc(NCc2ccc(C(=O)O)cc2)ncn1. The van der Waals surface area contributed by atoms with Crippen molar-refractivity contribution in [1.82, 2.24) is 9.97 Å². The zero-order valence-electron chi connectivity index (χ0n) is 10.3. The molecule has 2 N–H and O–H groups in total. The maximum absolute atomic E-state index is 10.7. The molecule has 0 atom stereocenters. The van der Waals surface area contributed by atoms with E-state index in [1.165, 1.54) is 13.4 Å². The second-order valence-corrected chi connectivity index (χ2v) is 3.80. The molecule has 1 aromatic carbocycles. The molecule has 1 aromatic heterocycles. The van der Waals surface area contributed by atoms with Gasteiger partial charge in [-0.2, -0.15) is 0 Å². The van der Waals surface area contributed by atoms with E-state index in [4.69, 9.17) is 9.84 Å². The molecule has 0 unspecified atom stereocenters. The Bertz CT molecular complexity index is 570. The van der Waals surface area contributed by atoms with Gasteiger partial charge in [0.2, 0.25) is 5.88 Å². The average Bonchev–Trinajstić information content (AvgIpc) is 2.46. The molecule has 0 saturated heterocycles. The lowest BCUT2D eigenvalue weighted by molar-refractivity contribution is 0.0697. The van der Waals surface area contributed by atoms with Crippen LogP contribution in [0, 0.1) is 0 Å². The number of carbonyl (C=O) groups is 1. The molecule has 98 valence electrons. The van der Waals surface area contributed by atoms with Gasteiger partial charge in [0.15, 0.2) is 0 Å². The minimum Gasteiger partial charge on any atom is -0.481 e. The summed E-state index contributed by atoms with van der Waals surface area (Å²) in [5.74, 6) is 0.202. The van der Waals surface area contributed by atoms with Gasteiger partial charge in [0.05, 0.1) is 12.7 Å². The van der Waals surface area contributed by atoms with Crippen LogP contribution in [-0.2, 0) is 6.54 Å². The summed E-state index contributed by atoms with van der Waals surface area (Å²) in [7, 11) is 1.54. The number of nitrogens with zero attached hydrogens (tertiary/aromatic N) is 2. The van der Waals surface area contributed by atoms with Crippen LogP contribution in [0.2, 0.25) is 0 Å². The van der Waals surface area contributed by atoms with E-state index in [0.29, 0.717) is 18.2 Å². The van der Waals surface area contributed by atoms with E-state index in [9.17, 15) is 4.79 Å². The summed E-state index contributed by atoms with van der Waals surface area (Å²) in [6.07, 6.45) is 1.41. The van der Waals surface area contributed by atoms with Gasteiger partial charge in [-0.3, -0.25) is 0 Å². The van der Waals surface area contributed by atoms with Gasteiger partial charge in [-0.05, 0) is 17.7 Å². The molecule has 6 nitrogen and oxygen atoms in total. The minimum atomic E-state index is -0.931. The van der Waals surface area contributed by atoms with Gasteiger partial charge >= 0.3 is 5.97 Å². The van der Waals surface area contributed by atoms with Crippen molar-refractivity contribution in [3.05, 3.63) is 47.8 Å². The monoisotopic (exact) mass is 259 g/mol. The lowest BCUT2D eigenvalue weighted by Crippen LogP contribution is -2.03. The first-order chi connectivity index (χ1) is 9.19. The zero-order valence-corrected chi connectivity index (χ0v) is 10.3. The molecule has 2 aromatic rings. The largest absolute Gasteiger partial charge is 0.481 e. The van der Waals surface area contributed by atoms with Gasteiger partial charge in [-0.25, -0.2) is 14.8 Å². The maximum atomic E-state index is 10.7. The van der Waals surface area contributed by atoms with Crippen LogP contribution in [0.25, 0.3) is 0 Å². The summed E-state index contributed by atoms with van der Waals surface area (Å²) in [5, 5.41) is 11.9. The molecule has 2 rings (SSSR count). The van der Waals surface area contributed by atoms with Crippen molar-refractivity contribution in [3.8, 4) is 5.88 Å². The number of ether oxygens (including phenoxy) is 1. The van der Waals surface area contributed by atoms with Gasteiger partial charge in [-0.1, -0.05) is 12.1 Å². The molecule has 0 spiro atoms. The molecule has 0 aliphatic carbocycles. The van der Waals surface area contributed by atoms with Crippen molar-refractivity contribution in [2.45, 2.75) is 6.54 Å². The Balaban J connectivity index is 1.99. The molecule has 0 aliphatic rings. The summed E-state index contributed by atoms with van der Waals surface area (Å²) in [6, 6.07) is 8.34. The lowest BCUT2D eigenvalue weighted by Gasteiger charge is -2.06. The second-order valence-electron chi connectivity index (χ2n) is 3.80. The van der Waals surface area contributed by atoms with Crippen molar-refractivity contribution < 1.29 is 14.6 Å². The Kier molecular flexibility index (Phi) is 3.92. The van der Waals surface area contributed by atoms with Crippen molar-refractivity contribution >= 4 is 11.8 Å². The van der Waals surface area contributed by atoms with Crippen molar-refractivity contribution in [2.75, 3.05) is 12.4 Å². The predicted molar refractivity (Wildman–Crippen MR) is 69.3 cm³/mol. The third-order valence-electron chi connectivity index (χ3n) is 2.53. The van der Waals surface area contributed by atoms with Crippen LogP contribution in [0.5, 0.6) is 5.88 Å². The molecular weight excluding hydrogens is 246 g/mol. The third kappa shape index (κ3) is 3.41. The van der Waals surface area contributed by atoms with Gasteiger partial charge in [0.1, 0.15) is 12.1 Å². The fourth-order valence-corrected chi connectivity index (χ4v) is 1.51. The number of carboxylic acid groups (broad SMARTS) is 1.